The Morgan fingerprint density at radius 1 is 0.842 bits per heavy atom. The molecule has 0 aromatic carbocycles. The van der Waals surface area contributed by atoms with Gasteiger partial charge < -0.3 is 4.55 Å². The Morgan fingerprint density at radius 3 is 1.11 bits per heavy atom. The number of rotatable bonds is 3. The second kappa shape index (κ2) is 14.2. The second-order valence-electron chi connectivity index (χ2n) is 4.20. The molecule has 0 fully saturated rings. The van der Waals surface area contributed by atoms with E-state index >= 15 is 0 Å². The van der Waals surface area contributed by atoms with Crippen molar-refractivity contribution in [2.75, 3.05) is 0 Å². The van der Waals surface area contributed by atoms with Crippen molar-refractivity contribution in [2.24, 2.45) is 5.41 Å². The normalized spacial score (nSPS) is 9.37. The van der Waals surface area contributed by atoms with Gasteiger partial charge in [-0.15, -0.1) is 0 Å². The van der Waals surface area contributed by atoms with Crippen LogP contribution < -0.4 is 0 Å². The second-order valence-corrected chi connectivity index (χ2v) is 6.13. The summed E-state index contributed by atoms with van der Waals surface area (Å²) in [6, 6.07) is 0. The summed E-state index contributed by atoms with van der Waals surface area (Å²) < 4.78 is 31.5. The lowest BCUT2D eigenvalue weighted by Crippen LogP contribution is -2.45. The standard InChI is InChI=1S/C8H18O3S.6CH4.CH3/c1-6-7(2,3)8(4,5)12(9,10)11;;;;;;;/h6H2,1-5H3,(H,9,10,11);6*1H4;1H3/q;;;;;;;+1/p-1. The Bertz CT molecular complexity index is 253. The third kappa shape index (κ3) is 10.3. The maximum absolute atomic E-state index is 10.9. The monoisotopic (exact) mass is 304 g/mol. The molecule has 0 amide bonds. The molecule has 0 rings (SSSR count). The first-order valence-corrected chi connectivity index (χ1v) is 5.42. The maximum Gasteiger partial charge on any atom is 0.100 e. The van der Waals surface area contributed by atoms with Crippen molar-refractivity contribution in [3.8, 4) is 0 Å². The zero-order chi connectivity index (χ0) is 10.2. The van der Waals surface area contributed by atoms with Gasteiger partial charge in [-0.3, -0.25) is 0 Å². The van der Waals surface area contributed by atoms with Gasteiger partial charge in [0.1, 0.15) is 10.1 Å². The Morgan fingerprint density at radius 2 is 1.05 bits per heavy atom. The van der Waals surface area contributed by atoms with E-state index in [2.05, 4.69) is 0 Å². The largest absolute Gasteiger partial charge is 0.748 e. The van der Waals surface area contributed by atoms with Crippen LogP contribution in [0.2, 0.25) is 0 Å². The van der Waals surface area contributed by atoms with Crippen molar-refractivity contribution in [2.45, 2.75) is 90.3 Å². The highest BCUT2D eigenvalue weighted by Crippen LogP contribution is 2.38. The van der Waals surface area contributed by atoms with E-state index in [1.165, 1.54) is 13.8 Å². The van der Waals surface area contributed by atoms with Crippen LogP contribution in [0.25, 0.3) is 0 Å². The van der Waals surface area contributed by atoms with Gasteiger partial charge in [-0.1, -0.05) is 65.3 Å². The van der Waals surface area contributed by atoms with Crippen molar-refractivity contribution in [3.63, 3.8) is 0 Å². The first kappa shape index (κ1) is 51.1. The highest BCUT2D eigenvalue weighted by molar-refractivity contribution is 7.87. The van der Waals surface area contributed by atoms with Crippen LogP contribution in [-0.2, 0) is 10.1 Å². The summed E-state index contributed by atoms with van der Waals surface area (Å²) in [6.45, 7) is 8.44. The lowest BCUT2D eigenvalue weighted by atomic mass is 9.78. The van der Waals surface area contributed by atoms with Crippen molar-refractivity contribution in [1.29, 1.82) is 0 Å². The molecule has 0 aromatic rings. The molecule has 0 saturated heterocycles. The highest BCUT2D eigenvalue weighted by Gasteiger charge is 2.40. The van der Waals surface area contributed by atoms with E-state index in [-0.39, 0.29) is 52.0 Å². The van der Waals surface area contributed by atoms with Crippen LogP contribution in [-0.4, -0.2) is 17.7 Å². The molecule has 19 heavy (non-hydrogen) atoms. The molecular formula is C15H44O3S. The number of hydrogen-bond donors (Lipinski definition) is 0. The molecule has 0 aliphatic rings. The van der Waals surface area contributed by atoms with E-state index in [0.29, 0.717) is 6.42 Å². The maximum atomic E-state index is 10.9. The molecule has 128 valence electrons. The van der Waals surface area contributed by atoms with E-state index in [0.717, 1.165) is 0 Å². The highest BCUT2D eigenvalue weighted by atomic mass is 32.2. The van der Waals surface area contributed by atoms with Crippen molar-refractivity contribution in [3.05, 3.63) is 7.43 Å². The summed E-state index contributed by atoms with van der Waals surface area (Å²) >= 11 is 0. The van der Waals surface area contributed by atoms with Crippen LogP contribution in [0.3, 0.4) is 0 Å². The molecule has 0 saturated carbocycles. The van der Waals surface area contributed by atoms with Crippen LogP contribution in [0.5, 0.6) is 0 Å². The third-order valence-corrected chi connectivity index (χ3v) is 4.94. The molecule has 0 N–H and O–H groups in total. The Labute approximate surface area is 127 Å². The summed E-state index contributed by atoms with van der Waals surface area (Å²) in [5, 5.41) is 0. The summed E-state index contributed by atoms with van der Waals surface area (Å²) in [5.41, 5.74) is -0.479. The zero-order valence-electron chi connectivity index (χ0n) is 9.34. The topological polar surface area (TPSA) is 57.2 Å². The average molecular weight is 305 g/mol. The minimum Gasteiger partial charge on any atom is -0.748 e. The average Bonchev–Trinajstić information content (AvgIpc) is 1.85. The van der Waals surface area contributed by atoms with Crippen LogP contribution in [0.15, 0.2) is 0 Å². The fraction of sp³-hybridized carbons (Fsp3) is 0.933. The predicted molar refractivity (Wildman–Crippen MR) is 94.6 cm³/mol. The molecule has 0 heterocycles. The minimum absolute atomic E-state index is 0. The van der Waals surface area contributed by atoms with E-state index in [4.69, 9.17) is 0 Å². The van der Waals surface area contributed by atoms with Gasteiger partial charge in [-0.25, -0.2) is 8.42 Å². The Hall–Kier alpha value is -0.220. The molecule has 0 aliphatic heterocycles. The first-order valence-electron chi connectivity index (χ1n) is 4.01. The van der Waals surface area contributed by atoms with Gasteiger partial charge in [-0.05, 0) is 25.7 Å². The predicted octanol–water partition coefficient (Wildman–Crippen LogP) is 6.01. The molecule has 0 spiro atoms. The molecule has 3 nitrogen and oxygen atoms in total. The zero-order valence-corrected chi connectivity index (χ0v) is 10.2. The SMILES string of the molecule is C.C.C.C.C.C.CCC(C)(C)C(C)(C)S(=O)(=O)[O-].[CH3+]. The Kier molecular flexibility index (Phi) is 38.2. The van der Waals surface area contributed by atoms with Gasteiger partial charge in [0, 0.05) is 7.43 Å². The smallest absolute Gasteiger partial charge is 0.100 e. The number of hydrogen-bond acceptors (Lipinski definition) is 3. The van der Waals surface area contributed by atoms with Gasteiger partial charge >= 0.3 is 0 Å². The Balaban J connectivity index is -0.0000000288. The molecular weight excluding hydrogens is 260 g/mol. The fourth-order valence-corrected chi connectivity index (χ4v) is 1.59. The summed E-state index contributed by atoms with van der Waals surface area (Å²) in [6.07, 6.45) is 0.668. The fourth-order valence-electron chi connectivity index (χ4n) is 0.764. The van der Waals surface area contributed by atoms with Gasteiger partial charge in [0.15, 0.2) is 0 Å². The van der Waals surface area contributed by atoms with Crippen LogP contribution in [0.4, 0.5) is 0 Å². The van der Waals surface area contributed by atoms with Crippen LogP contribution >= 0.6 is 0 Å². The van der Waals surface area contributed by atoms with Crippen LogP contribution in [0, 0.1) is 12.8 Å². The van der Waals surface area contributed by atoms with E-state index in [9.17, 15) is 13.0 Å². The van der Waals surface area contributed by atoms with E-state index < -0.39 is 20.3 Å². The first-order chi connectivity index (χ1) is 5.06. The van der Waals surface area contributed by atoms with Gasteiger partial charge in [-0.2, -0.15) is 0 Å². The molecule has 4 heteroatoms. The van der Waals surface area contributed by atoms with Crippen molar-refractivity contribution in [1.82, 2.24) is 0 Å². The van der Waals surface area contributed by atoms with Crippen molar-refractivity contribution < 1.29 is 13.0 Å². The molecule has 0 aliphatic carbocycles. The van der Waals surface area contributed by atoms with Gasteiger partial charge in [0.25, 0.3) is 0 Å². The quantitative estimate of drug-likeness (QED) is 0.473. The van der Waals surface area contributed by atoms with E-state index in [1.807, 2.05) is 6.92 Å². The molecule has 0 unspecified atom stereocenters. The minimum atomic E-state index is -4.22. The summed E-state index contributed by atoms with van der Waals surface area (Å²) in [7, 11) is -4.22. The van der Waals surface area contributed by atoms with E-state index in [1.54, 1.807) is 13.8 Å². The molecule has 0 atom stereocenters. The lowest BCUT2D eigenvalue weighted by Gasteiger charge is -2.42. The third-order valence-electron chi connectivity index (χ3n) is 3.14. The molecule has 0 bridgehead atoms. The summed E-state index contributed by atoms with van der Waals surface area (Å²) in [4.78, 5) is 0. The van der Waals surface area contributed by atoms with Gasteiger partial charge in [0.2, 0.25) is 0 Å². The summed E-state index contributed by atoms with van der Waals surface area (Å²) in [5.74, 6) is 0. The lowest BCUT2D eigenvalue weighted by molar-refractivity contribution is 0.241. The molecule has 0 aromatic heterocycles. The van der Waals surface area contributed by atoms with Crippen molar-refractivity contribution >= 4 is 10.1 Å². The van der Waals surface area contributed by atoms with Gasteiger partial charge in [0.05, 0.1) is 4.75 Å². The molecule has 0 radical (unpaired) electrons. The van der Waals surface area contributed by atoms with Crippen LogP contribution in [0.1, 0.15) is 85.6 Å².